The van der Waals surface area contributed by atoms with Gasteiger partial charge in [0.15, 0.2) is 0 Å². The Balaban J connectivity index is 2.40. The monoisotopic (exact) mass is 290 g/mol. The first-order chi connectivity index (χ1) is 7.52. The van der Waals surface area contributed by atoms with Gasteiger partial charge in [-0.2, -0.15) is 0 Å². The largest absolute Gasteiger partial charge is 0.301 e. The Morgan fingerprint density at radius 2 is 1.94 bits per heavy atom. The van der Waals surface area contributed by atoms with Crippen LogP contribution >= 0.6 is 15.9 Å². The van der Waals surface area contributed by atoms with Gasteiger partial charge in [-0.15, -0.1) is 0 Å². The molecule has 1 rings (SSSR count). The lowest BCUT2D eigenvalue weighted by Crippen LogP contribution is -2.39. The molecule has 3 heteroatoms. The fourth-order valence-electron chi connectivity index (χ4n) is 2.64. The molecule has 0 aromatic rings. The van der Waals surface area contributed by atoms with E-state index in [0.29, 0.717) is 5.41 Å². The van der Waals surface area contributed by atoms with E-state index in [9.17, 15) is 0 Å². The van der Waals surface area contributed by atoms with Crippen LogP contribution in [0, 0.1) is 5.41 Å². The van der Waals surface area contributed by atoms with Crippen molar-refractivity contribution in [1.29, 1.82) is 0 Å². The molecule has 0 saturated carbocycles. The summed E-state index contributed by atoms with van der Waals surface area (Å²) in [4.78, 5) is 5.23. The molecule has 16 heavy (non-hydrogen) atoms. The first-order valence-electron chi connectivity index (χ1n) is 6.54. The number of hydrogen-bond acceptors (Lipinski definition) is 2. The first kappa shape index (κ1) is 14.5. The molecule has 1 heterocycles. The van der Waals surface area contributed by atoms with Gasteiger partial charge < -0.3 is 4.90 Å². The normalized spacial score (nSPS) is 23.2. The van der Waals surface area contributed by atoms with Gasteiger partial charge in [0.2, 0.25) is 0 Å². The summed E-state index contributed by atoms with van der Waals surface area (Å²) in [5, 5.41) is 1.09. The molecule has 0 bridgehead atoms. The Labute approximate surface area is 109 Å². The fraction of sp³-hybridized carbons (Fsp3) is 1.00. The minimum absolute atomic E-state index is 0.401. The van der Waals surface area contributed by atoms with Gasteiger partial charge in [0.1, 0.15) is 0 Å². The number of rotatable bonds is 6. The summed E-state index contributed by atoms with van der Waals surface area (Å²) in [6.45, 7) is 15.4. The summed E-state index contributed by atoms with van der Waals surface area (Å²) >= 11 is 3.61. The Morgan fingerprint density at radius 3 is 2.44 bits per heavy atom. The van der Waals surface area contributed by atoms with Crippen molar-refractivity contribution >= 4 is 15.9 Å². The minimum Gasteiger partial charge on any atom is -0.301 e. The van der Waals surface area contributed by atoms with E-state index in [1.54, 1.807) is 0 Å². The lowest BCUT2D eigenvalue weighted by molar-refractivity contribution is 0.187. The third kappa shape index (κ3) is 4.01. The Morgan fingerprint density at radius 1 is 1.31 bits per heavy atom. The summed E-state index contributed by atoms with van der Waals surface area (Å²) in [6.07, 6.45) is 1.35. The van der Waals surface area contributed by atoms with Gasteiger partial charge in [0, 0.05) is 24.5 Å². The summed E-state index contributed by atoms with van der Waals surface area (Å²) in [5.41, 5.74) is 0.401. The second-order valence-corrected chi connectivity index (χ2v) is 6.26. The Kier molecular flexibility index (Phi) is 5.75. The average molecular weight is 291 g/mol. The Hall–Kier alpha value is 0.400. The van der Waals surface area contributed by atoms with E-state index in [-0.39, 0.29) is 0 Å². The zero-order valence-corrected chi connectivity index (χ0v) is 12.9. The molecule has 1 unspecified atom stereocenters. The standard InChI is InChI=1S/C13H27BrN2/c1-5-16(6-2)12-7-8-15(9-12)11-13(3,4)10-14/h12H,5-11H2,1-4H3. The summed E-state index contributed by atoms with van der Waals surface area (Å²) < 4.78 is 0. The summed E-state index contributed by atoms with van der Waals surface area (Å²) in [7, 11) is 0. The van der Waals surface area contributed by atoms with Crippen molar-refractivity contribution in [2.24, 2.45) is 5.41 Å². The molecule has 1 atom stereocenters. The van der Waals surface area contributed by atoms with Crippen molar-refractivity contribution in [3.63, 3.8) is 0 Å². The molecule has 0 amide bonds. The van der Waals surface area contributed by atoms with Crippen LogP contribution in [0.25, 0.3) is 0 Å². The van der Waals surface area contributed by atoms with E-state index >= 15 is 0 Å². The second kappa shape index (κ2) is 6.36. The number of hydrogen-bond donors (Lipinski definition) is 0. The smallest absolute Gasteiger partial charge is 0.0235 e. The van der Waals surface area contributed by atoms with E-state index in [1.165, 1.54) is 39.1 Å². The summed E-state index contributed by atoms with van der Waals surface area (Å²) in [5.74, 6) is 0. The van der Waals surface area contributed by atoms with E-state index in [2.05, 4.69) is 53.4 Å². The molecular weight excluding hydrogens is 264 g/mol. The fourth-order valence-corrected chi connectivity index (χ4v) is 2.82. The molecular formula is C13H27BrN2. The van der Waals surface area contributed by atoms with Gasteiger partial charge >= 0.3 is 0 Å². The minimum atomic E-state index is 0.401. The maximum atomic E-state index is 3.61. The molecule has 0 aromatic carbocycles. The molecule has 0 N–H and O–H groups in total. The predicted molar refractivity (Wildman–Crippen MR) is 75.3 cm³/mol. The van der Waals surface area contributed by atoms with Crippen molar-refractivity contribution in [1.82, 2.24) is 9.80 Å². The quantitative estimate of drug-likeness (QED) is 0.694. The molecule has 0 aliphatic carbocycles. The number of nitrogens with zero attached hydrogens (tertiary/aromatic N) is 2. The average Bonchev–Trinajstić information content (AvgIpc) is 2.68. The molecule has 0 aromatic heterocycles. The van der Waals surface area contributed by atoms with Crippen LogP contribution < -0.4 is 0 Å². The highest BCUT2D eigenvalue weighted by atomic mass is 79.9. The van der Waals surface area contributed by atoms with E-state index < -0.39 is 0 Å². The second-order valence-electron chi connectivity index (χ2n) is 5.70. The van der Waals surface area contributed by atoms with E-state index in [4.69, 9.17) is 0 Å². The molecule has 0 radical (unpaired) electrons. The van der Waals surface area contributed by atoms with Crippen LogP contribution in [0.5, 0.6) is 0 Å². The summed E-state index contributed by atoms with van der Waals surface area (Å²) in [6, 6.07) is 0.793. The van der Waals surface area contributed by atoms with E-state index in [0.717, 1.165) is 11.4 Å². The SMILES string of the molecule is CCN(CC)C1CCN(CC(C)(C)CBr)C1. The number of halogens is 1. The molecule has 1 aliphatic heterocycles. The van der Waals surface area contributed by atoms with Crippen molar-refractivity contribution in [2.75, 3.05) is 38.1 Å². The van der Waals surface area contributed by atoms with Gasteiger partial charge in [0.05, 0.1) is 0 Å². The van der Waals surface area contributed by atoms with Crippen molar-refractivity contribution < 1.29 is 0 Å². The van der Waals surface area contributed by atoms with Crippen LogP contribution in [0.3, 0.4) is 0 Å². The van der Waals surface area contributed by atoms with E-state index in [1.807, 2.05) is 0 Å². The third-order valence-corrected chi connectivity index (χ3v) is 5.11. The van der Waals surface area contributed by atoms with Crippen LogP contribution in [-0.2, 0) is 0 Å². The Bertz CT molecular complexity index is 202. The van der Waals surface area contributed by atoms with Crippen LogP contribution in [0.4, 0.5) is 0 Å². The zero-order valence-electron chi connectivity index (χ0n) is 11.3. The molecule has 96 valence electrons. The third-order valence-electron chi connectivity index (χ3n) is 3.59. The molecule has 1 aliphatic rings. The van der Waals surface area contributed by atoms with Crippen LogP contribution in [0.15, 0.2) is 0 Å². The molecule has 1 saturated heterocycles. The molecule has 1 fully saturated rings. The van der Waals surface area contributed by atoms with Gasteiger partial charge in [0.25, 0.3) is 0 Å². The van der Waals surface area contributed by atoms with Gasteiger partial charge in [-0.05, 0) is 31.5 Å². The van der Waals surface area contributed by atoms with Crippen molar-refractivity contribution in [3.05, 3.63) is 0 Å². The topological polar surface area (TPSA) is 6.48 Å². The zero-order chi connectivity index (χ0) is 12.2. The lowest BCUT2D eigenvalue weighted by atomic mass is 9.96. The van der Waals surface area contributed by atoms with Crippen molar-refractivity contribution in [2.45, 2.75) is 40.2 Å². The van der Waals surface area contributed by atoms with Crippen LogP contribution in [-0.4, -0.2) is 53.9 Å². The first-order valence-corrected chi connectivity index (χ1v) is 7.67. The maximum Gasteiger partial charge on any atom is 0.0235 e. The molecule has 0 spiro atoms. The van der Waals surface area contributed by atoms with Crippen LogP contribution in [0.2, 0.25) is 0 Å². The number of alkyl halides is 1. The molecule has 2 nitrogen and oxygen atoms in total. The predicted octanol–water partition coefficient (Wildman–Crippen LogP) is 2.82. The highest BCUT2D eigenvalue weighted by Gasteiger charge is 2.29. The van der Waals surface area contributed by atoms with Gasteiger partial charge in [-0.25, -0.2) is 0 Å². The maximum absolute atomic E-state index is 3.61. The van der Waals surface area contributed by atoms with Crippen molar-refractivity contribution in [3.8, 4) is 0 Å². The van der Waals surface area contributed by atoms with Crippen LogP contribution in [0.1, 0.15) is 34.1 Å². The number of likely N-dealkylation sites (tertiary alicyclic amines) is 1. The van der Waals surface area contributed by atoms with Gasteiger partial charge in [-0.3, -0.25) is 4.90 Å². The lowest BCUT2D eigenvalue weighted by Gasteiger charge is -2.30. The highest BCUT2D eigenvalue weighted by Crippen LogP contribution is 2.23. The van der Waals surface area contributed by atoms with Gasteiger partial charge in [-0.1, -0.05) is 43.6 Å². The highest BCUT2D eigenvalue weighted by molar-refractivity contribution is 9.09. The number of likely N-dealkylation sites (N-methyl/N-ethyl adjacent to an activating group) is 1.